The molecule has 7 heteroatoms. The van der Waals surface area contributed by atoms with Gasteiger partial charge in [0.25, 0.3) is 0 Å². The Morgan fingerprint density at radius 2 is 1.96 bits per heavy atom. The van der Waals surface area contributed by atoms with Crippen LogP contribution in [0, 0.1) is 6.92 Å². The molecule has 1 aliphatic heterocycles. The fourth-order valence-corrected chi connectivity index (χ4v) is 4.15. The molecule has 0 amide bonds. The normalized spacial score (nSPS) is 15.8. The highest BCUT2D eigenvalue weighted by atomic mass is 32.2. The lowest BCUT2D eigenvalue weighted by Crippen LogP contribution is -2.24. The number of sulfonamides is 1. The van der Waals surface area contributed by atoms with Gasteiger partial charge in [0.15, 0.2) is 0 Å². The van der Waals surface area contributed by atoms with E-state index in [-0.39, 0.29) is 11.4 Å². The Morgan fingerprint density at radius 1 is 1.20 bits per heavy atom. The maximum absolute atomic E-state index is 12.4. The highest BCUT2D eigenvalue weighted by Gasteiger charge is 2.18. The molecule has 0 aliphatic carbocycles. The fourth-order valence-electron chi connectivity index (χ4n) is 3.15. The first kappa shape index (κ1) is 18.1. The molecule has 1 N–H and O–H groups in total. The van der Waals surface area contributed by atoms with E-state index in [2.05, 4.69) is 21.6 Å². The first-order chi connectivity index (χ1) is 12.0. The van der Waals surface area contributed by atoms with Crippen LogP contribution in [0.25, 0.3) is 0 Å². The van der Waals surface area contributed by atoms with Crippen molar-refractivity contribution in [2.75, 3.05) is 13.1 Å². The van der Waals surface area contributed by atoms with Crippen LogP contribution in [-0.2, 0) is 29.7 Å². The van der Waals surface area contributed by atoms with Gasteiger partial charge < -0.3 is 0 Å². The zero-order chi connectivity index (χ0) is 17.9. The number of fused-ring (bicyclic) bond motifs is 1. The van der Waals surface area contributed by atoms with Crippen molar-refractivity contribution in [1.82, 2.24) is 19.4 Å². The van der Waals surface area contributed by atoms with Crippen LogP contribution in [0.5, 0.6) is 0 Å². The third kappa shape index (κ3) is 4.48. The largest absolute Gasteiger partial charge is 0.297 e. The molecule has 0 fully saturated rings. The highest BCUT2D eigenvalue weighted by molar-refractivity contribution is 7.89. The molecule has 25 heavy (non-hydrogen) atoms. The van der Waals surface area contributed by atoms with E-state index in [0.29, 0.717) is 0 Å². The van der Waals surface area contributed by atoms with Gasteiger partial charge in [0.2, 0.25) is 10.0 Å². The molecule has 0 spiro atoms. The van der Waals surface area contributed by atoms with Crippen molar-refractivity contribution in [1.29, 1.82) is 0 Å². The van der Waals surface area contributed by atoms with E-state index in [1.165, 1.54) is 0 Å². The van der Waals surface area contributed by atoms with Crippen LogP contribution >= 0.6 is 0 Å². The predicted octanol–water partition coefficient (Wildman–Crippen LogP) is 2.29. The topological polar surface area (TPSA) is 67.2 Å². The summed E-state index contributed by atoms with van der Waals surface area (Å²) in [4.78, 5) is 2.72. The fraction of sp³-hybridized carbons (Fsp3) is 0.500. The van der Waals surface area contributed by atoms with E-state index in [9.17, 15) is 8.42 Å². The molecule has 0 saturated heterocycles. The molecule has 0 bridgehead atoms. The number of aryl methyl sites for hydroxylation is 2. The Balaban J connectivity index is 1.68. The summed E-state index contributed by atoms with van der Waals surface area (Å²) in [6.07, 6.45) is 2.21. The summed E-state index contributed by atoms with van der Waals surface area (Å²) >= 11 is 0. The molecule has 2 heterocycles. The number of benzene rings is 1. The minimum absolute atomic E-state index is 0.212. The van der Waals surface area contributed by atoms with Crippen LogP contribution in [0.2, 0.25) is 0 Å². The molecule has 2 aromatic rings. The second-order valence-corrected chi connectivity index (χ2v) is 8.38. The van der Waals surface area contributed by atoms with Crippen LogP contribution in [-0.4, -0.2) is 36.2 Å². The Kier molecular flexibility index (Phi) is 5.56. The van der Waals surface area contributed by atoms with E-state index < -0.39 is 10.0 Å². The SMILES string of the molecule is CCCN1CCCn2nc(CNS(=O)(=O)c3ccc(C)cc3)cc2C1. The van der Waals surface area contributed by atoms with Gasteiger partial charge in [-0.05, 0) is 44.5 Å². The van der Waals surface area contributed by atoms with Crippen molar-refractivity contribution in [2.24, 2.45) is 0 Å². The molecular formula is C18H26N4O2S. The summed E-state index contributed by atoms with van der Waals surface area (Å²) in [5.41, 5.74) is 2.97. The Bertz CT molecular complexity index is 812. The van der Waals surface area contributed by atoms with E-state index in [0.717, 1.165) is 56.0 Å². The maximum atomic E-state index is 12.4. The van der Waals surface area contributed by atoms with Gasteiger partial charge in [-0.15, -0.1) is 0 Å². The number of rotatable bonds is 6. The lowest BCUT2D eigenvalue weighted by molar-refractivity contribution is 0.270. The minimum Gasteiger partial charge on any atom is -0.297 e. The van der Waals surface area contributed by atoms with Gasteiger partial charge in [0.1, 0.15) is 0 Å². The summed E-state index contributed by atoms with van der Waals surface area (Å²) in [6.45, 7) is 8.28. The molecule has 1 aliphatic rings. The van der Waals surface area contributed by atoms with Gasteiger partial charge in [-0.25, -0.2) is 13.1 Å². The molecule has 0 atom stereocenters. The van der Waals surface area contributed by atoms with Crippen LogP contribution in [0.4, 0.5) is 0 Å². The van der Waals surface area contributed by atoms with Crippen LogP contribution in [0.3, 0.4) is 0 Å². The van der Waals surface area contributed by atoms with E-state index in [4.69, 9.17) is 0 Å². The van der Waals surface area contributed by atoms with Crippen molar-refractivity contribution >= 4 is 10.0 Å². The summed E-state index contributed by atoms with van der Waals surface area (Å²) in [6, 6.07) is 8.88. The Morgan fingerprint density at radius 3 is 2.68 bits per heavy atom. The second-order valence-electron chi connectivity index (χ2n) is 6.62. The number of nitrogens with zero attached hydrogens (tertiary/aromatic N) is 3. The molecule has 1 aromatic carbocycles. The van der Waals surface area contributed by atoms with Crippen molar-refractivity contribution in [2.45, 2.75) is 51.2 Å². The lowest BCUT2D eigenvalue weighted by Gasteiger charge is -2.17. The van der Waals surface area contributed by atoms with E-state index in [1.807, 2.05) is 17.7 Å². The zero-order valence-electron chi connectivity index (χ0n) is 14.9. The molecule has 3 rings (SSSR count). The summed E-state index contributed by atoms with van der Waals surface area (Å²) in [7, 11) is -3.51. The smallest absolute Gasteiger partial charge is 0.240 e. The first-order valence-corrected chi connectivity index (χ1v) is 10.3. The number of aromatic nitrogens is 2. The number of hydrogen-bond donors (Lipinski definition) is 1. The summed E-state index contributed by atoms with van der Waals surface area (Å²) in [5, 5.41) is 4.58. The van der Waals surface area contributed by atoms with Gasteiger partial charge in [0, 0.05) is 19.6 Å². The third-order valence-electron chi connectivity index (χ3n) is 4.46. The molecule has 6 nitrogen and oxygen atoms in total. The van der Waals surface area contributed by atoms with Crippen molar-refractivity contribution in [3.8, 4) is 0 Å². The average molecular weight is 362 g/mol. The molecular weight excluding hydrogens is 336 g/mol. The average Bonchev–Trinajstić information content (AvgIpc) is 2.86. The highest BCUT2D eigenvalue weighted by Crippen LogP contribution is 2.15. The molecule has 0 saturated carbocycles. The third-order valence-corrected chi connectivity index (χ3v) is 5.88. The Hall–Kier alpha value is -1.70. The van der Waals surface area contributed by atoms with E-state index in [1.54, 1.807) is 24.3 Å². The number of nitrogens with one attached hydrogen (secondary N) is 1. The zero-order valence-corrected chi connectivity index (χ0v) is 15.7. The molecule has 0 unspecified atom stereocenters. The van der Waals surface area contributed by atoms with Gasteiger partial charge >= 0.3 is 0 Å². The predicted molar refractivity (Wildman–Crippen MR) is 97.6 cm³/mol. The number of hydrogen-bond acceptors (Lipinski definition) is 4. The molecule has 0 radical (unpaired) electrons. The van der Waals surface area contributed by atoms with Gasteiger partial charge in [0.05, 0.1) is 22.8 Å². The van der Waals surface area contributed by atoms with E-state index >= 15 is 0 Å². The van der Waals surface area contributed by atoms with Gasteiger partial charge in [-0.1, -0.05) is 24.6 Å². The molecule has 1 aromatic heterocycles. The maximum Gasteiger partial charge on any atom is 0.240 e. The first-order valence-electron chi connectivity index (χ1n) is 8.82. The van der Waals surface area contributed by atoms with Crippen molar-refractivity contribution < 1.29 is 8.42 Å². The monoisotopic (exact) mass is 362 g/mol. The van der Waals surface area contributed by atoms with Crippen LogP contribution < -0.4 is 4.72 Å². The quantitative estimate of drug-likeness (QED) is 0.856. The van der Waals surface area contributed by atoms with Crippen molar-refractivity contribution in [3.63, 3.8) is 0 Å². The van der Waals surface area contributed by atoms with Crippen molar-refractivity contribution in [3.05, 3.63) is 47.3 Å². The minimum atomic E-state index is -3.51. The molecule has 136 valence electrons. The lowest BCUT2D eigenvalue weighted by atomic mass is 10.2. The van der Waals surface area contributed by atoms with Crippen LogP contribution in [0.15, 0.2) is 35.2 Å². The van der Waals surface area contributed by atoms with Crippen LogP contribution in [0.1, 0.15) is 36.7 Å². The van der Waals surface area contributed by atoms with Gasteiger partial charge in [-0.3, -0.25) is 9.58 Å². The second kappa shape index (κ2) is 7.68. The van der Waals surface area contributed by atoms with Gasteiger partial charge in [-0.2, -0.15) is 5.10 Å². The standard InChI is InChI=1S/C18H26N4O2S/c1-3-9-21-10-4-11-22-17(14-21)12-16(20-22)13-19-25(23,24)18-7-5-15(2)6-8-18/h5-8,12,19H,3-4,9-11,13-14H2,1-2H3. The Labute approximate surface area is 149 Å². The summed E-state index contributed by atoms with van der Waals surface area (Å²) in [5.74, 6) is 0. The summed E-state index contributed by atoms with van der Waals surface area (Å²) < 4.78 is 29.5.